The lowest BCUT2D eigenvalue weighted by molar-refractivity contribution is 0.584. The van der Waals surface area contributed by atoms with E-state index in [0.717, 1.165) is 61.4 Å². The second kappa shape index (κ2) is 11.4. The highest BCUT2D eigenvalue weighted by Gasteiger charge is 2.21. The standard InChI is InChI=1S/C41H28F2N4/c1-25-13-17-36-34(19-25)35-20-26(2)14-18-37(35)47(36)38-23-29(30-21-31(42)24-32(43)22-30)15-16-33(38)41-45-39(27-9-5-3-6-10-27)44-40(46-41)28-11-7-4-8-12-28/h3-24H,1-2H3. The Hall–Kier alpha value is -6.01. The number of halogens is 2. The number of nitrogens with zero attached hydrogens (tertiary/aromatic N) is 4. The van der Waals surface area contributed by atoms with Gasteiger partial charge in [-0.3, -0.25) is 0 Å². The molecule has 2 aromatic heterocycles. The van der Waals surface area contributed by atoms with Crippen molar-refractivity contribution in [3.63, 3.8) is 0 Å². The van der Waals surface area contributed by atoms with Crippen LogP contribution in [0.1, 0.15) is 11.1 Å². The fourth-order valence-electron chi connectivity index (χ4n) is 6.25. The van der Waals surface area contributed by atoms with Crippen molar-refractivity contribution < 1.29 is 8.78 Å². The lowest BCUT2D eigenvalue weighted by atomic mass is 10.0. The molecule has 0 spiro atoms. The fourth-order valence-corrected chi connectivity index (χ4v) is 6.25. The Kier molecular flexibility index (Phi) is 6.91. The van der Waals surface area contributed by atoms with Gasteiger partial charge in [0, 0.05) is 33.5 Å². The molecule has 0 bridgehead atoms. The lowest BCUT2D eigenvalue weighted by Gasteiger charge is -2.16. The van der Waals surface area contributed by atoms with Gasteiger partial charge in [-0.15, -0.1) is 0 Å². The van der Waals surface area contributed by atoms with E-state index in [1.165, 1.54) is 12.1 Å². The molecule has 226 valence electrons. The van der Waals surface area contributed by atoms with E-state index in [1.54, 1.807) is 0 Å². The molecule has 6 aromatic carbocycles. The molecule has 8 aromatic rings. The Labute approximate surface area is 270 Å². The van der Waals surface area contributed by atoms with Gasteiger partial charge in [0.1, 0.15) is 11.6 Å². The van der Waals surface area contributed by atoms with Crippen LogP contribution in [-0.4, -0.2) is 19.5 Å². The third-order valence-electron chi connectivity index (χ3n) is 8.45. The van der Waals surface area contributed by atoms with Crippen LogP contribution < -0.4 is 0 Å². The first-order valence-corrected chi connectivity index (χ1v) is 15.4. The summed E-state index contributed by atoms with van der Waals surface area (Å²) in [4.78, 5) is 15.0. The summed E-state index contributed by atoms with van der Waals surface area (Å²) >= 11 is 0. The smallest absolute Gasteiger partial charge is 0.166 e. The minimum absolute atomic E-state index is 0.438. The van der Waals surface area contributed by atoms with Crippen LogP contribution in [0.2, 0.25) is 0 Å². The zero-order valence-electron chi connectivity index (χ0n) is 25.7. The van der Waals surface area contributed by atoms with Gasteiger partial charge in [-0.1, -0.05) is 90.0 Å². The van der Waals surface area contributed by atoms with Gasteiger partial charge >= 0.3 is 0 Å². The minimum Gasteiger partial charge on any atom is -0.308 e. The maximum atomic E-state index is 14.5. The normalized spacial score (nSPS) is 11.4. The first-order valence-electron chi connectivity index (χ1n) is 15.4. The SMILES string of the molecule is Cc1ccc2c(c1)c1cc(C)ccc1n2-c1cc(-c2cc(F)cc(F)c2)ccc1-c1nc(-c2ccccc2)nc(-c2ccccc2)n1. The Balaban J connectivity index is 1.46. The first kappa shape index (κ1) is 28.5. The topological polar surface area (TPSA) is 43.6 Å². The van der Waals surface area contributed by atoms with E-state index in [9.17, 15) is 8.78 Å². The van der Waals surface area contributed by atoms with E-state index < -0.39 is 11.6 Å². The fraction of sp³-hybridized carbons (Fsp3) is 0.0488. The van der Waals surface area contributed by atoms with Crippen molar-refractivity contribution in [2.75, 3.05) is 0 Å². The summed E-state index contributed by atoms with van der Waals surface area (Å²) in [6.07, 6.45) is 0. The van der Waals surface area contributed by atoms with E-state index in [2.05, 4.69) is 54.8 Å². The van der Waals surface area contributed by atoms with Crippen molar-refractivity contribution in [2.45, 2.75) is 13.8 Å². The van der Waals surface area contributed by atoms with E-state index in [4.69, 9.17) is 15.0 Å². The van der Waals surface area contributed by atoms with Crippen LogP contribution in [0.15, 0.2) is 133 Å². The highest BCUT2D eigenvalue weighted by molar-refractivity contribution is 6.10. The largest absolute Gasteiger partial charge is 0.308 e. The van der Waals surface area contributed by atoms with Crippen molar-refractivity contribution in [2.24, 2.45) is 0 Å². The summed E-state index contributed by atoms with van der Waals surface area (Å²) in [6, 6.07) is 41.9. The van der Waals surface area contributed by atoms with Crippen LogP contribution in [0, 0.1) is 25.5 Å². The second-order valence-electron chi connectivity index (χ2n) is 11.8. The maximum Gasteiger partial charge on any atom is 0.166 e. The number of aromatic nitrogens is 4. The number of fused-ring (bicyclic) bond motifs is 3. The monoisotopic (exact) mass is 614 g/mol. The lowest BCUT2D eigenvalue weighted by Crippen LogP contribution is -2.04. The molecular weight excluding hydrogens is 586 g/mol. The molecule has 0 radical (unpaired) electrons. The number of hydrogen-bond donors (Lipinski definition) is 0. The number of aryl methyl sites for hydroxylation is 2. The van der Waals surface area contributed by atoms with Crippen LogP contribution in [0.4, 0.5) is 8.78 Å². The number of rotatable bonds is 5. The molecule has 0 amide bonds. The Morgan fingerprint density at radius 1 is 0.447 bits per heavy atom. The molecular formula is C41H28F2N4. The molecule has 8 rings (SSSR count). The summed E-state index contributed by atoms with van der Waals surface area (Å²) in [6.45, 7) is 4.17. The molecule has 4 nitrogen and oxygen atoms in total. The molecule has 47 heavy (non-hydrogen) atoms. The minimum atomic E-state index is -0.633. The third kappa shape index (κ3) is 5.24. The van der Waals surface area contributed by atoms with Gasteiger partial charge in [0.05, 0.1) is 16.7 Å². The second-order valence-corrected chi connectivity index (χ2v) is 11.8. The van der Waals surface area contributed by atoms with Gasteiger partial charge in [0.25, 0.3) is 0 Å². The van der Waals surface area contributed by atoms with Crippen LogP contribution in [-0.2, 0) is 0 Å². The molecule has 0 N–H and O–H groups in total. The summed E-state index contributed by atoms with van der Waals surface area (Å²) in [7, 11) is 0. The van der Waals surface area contributed by atoms with Gasteiger partial charge in [-0.2, -0.15) is 0 Å². The van der Waals surface area contributed by atoms with Crippen LogP contribution in [0.25, 0.3) is 72.8 Å². The number of benzene rings is 6. The molecule has 0 saturated carbocycles. The molecule has 0 aliphatic rings. The van der Waals surface area contributed by atoms with E-state index >= 15 is 0 Å². The average Bonchev–Trinajstić information content (AvgIpc) is 3.40. The predicted molar refractivity (Wildman–Crippen MR) is 185 cm³/mol. The van der Waals surface area contributed by atoms with Crippen molar-refractivity contribution in [3.05, 3.63) is 156 Å². The molecule has 0 fully saturated rings. The predicted octanol–water partition coefficient (Wildman–Crippen LogP) is 10.5. The van der Waals surface area contributed by atoms with Crippen LogP contribution in [0.3, 0.4) is 0 Å². The first-order chi connectivity index (χ1) is 22.9. The molecule has 0 aliphatic heterocycles. The average molecular weight is 615 g/mol. The van der Waals surface area contributed by atoms with Gasteiger partial charge in [-0.25, -0.2) is 23.7 Å². The Morgan fingerprint density at radius 2 is 0.957 bits per heavy atom. The van der Waals surface area contributed by atoms with Gasteiger partial charge < -0.3 is 4.57 Å². The van der Waals surface area contributed by atoms with Gasteiger partial charge in [-0.05, 0) is 73.5 Å². The summed E-state index contributed by atoms with van der Waals surface area (Å²) in [5.74, 6) is 0.311. The quantitative estimate of drug-likeness (QED) is 0.194. The van der Waals surface area contributed by atoms with Crippen molar-refractivity contribution in [1.29, 1.82) is 0 Å². The highest BCUT2D eigenvalue weighted by Crippen LogP contribution is 2.39. The summed E-state index contributed by atoms with van der Waals surface area (Å²) in [5, 5.41) is 2.23. The molecule has 0 atom stereocenters. The van der Waals surface area contributed by atoms with E-state index in [0.29, 0.717) is 28.6 Å². The summed E-state index contributed by atoms with van der Waals surface area (Å²) < 4.78 is 31.1. The van der Waals surface area contributed by atoms with Crippen molar-refractivity contribution in [1.82, 2.24) is 19.5 Å². The number of hydrogen-bond acceptors (Lipinski definition) is 3. The Bertz CT molecular complexity index is 2310. The molecule has 0 saturated heterocycles. The summed E-state index contributed by atoms with van der Waals surface area (Å²) in [5.41, 5.74) is 8.67. The van der Waals surface area contributed by atoms with Crippen molar-refractivity contribution >= 4 is 21.8 Å². The van der Waals surface area contributed by atoms with E-state index in [1.807, 2.05) is 78.9 Å². The van der Waals surface area contributed by atoms with Gasteiger partial charge in [0.15, 0.2) is 17.5 Å². The van der Waals surface area contributed by atoms with Crippen molar-refractivity contribution in [3.8, 4) is 51.0 Å². The highest BCUT2D eigenvalue weighted by atomic mass is 19.1. The molecule has 6 heteroatoms. The van der Waals surface area contributed by atoms with Crippen LogP contribution in [0.5, 0.6) is 0 Å². The molecule has 0 aliphatic carbocycles. The van der Waals surface area contributed by atoms with Gasteiger partial charge in [0.2, 0.25) is 0 Å². The molecule has 0 unspecified atom stereocenters. The maximum absolute atomic E-state index is 14.5. The zero-order valence-corrected chi connectivity index (χ0v) is 25.7. The zero-order chi connectivity index (χ0) is 32.1. The van der Waals surface area contributed by atoms with E-state index in [-0.39, 0.29) is 0 Å². The molecule has 2 heterocycles. The Morgan fingerprint density at radius 3 is 1.49 bits per heavy atom. The van der Waals surface area contributed by atoms with Crippen LogP contribution >= 0.6 is 0 Å². The third-order valence-corrected chi connectivity index (χ3v) is 8.45.